The van der Waals surface area contributed by atoms with Crippen LogP contribution in [-0.2, 0) is 11.2 Å². The predicted molar refractivity (Wildman–Crippen MR) is 74.4 cm³/mol. The second kappa shape index (κ2) is 5.98. The molecule has 1 fully saturated rings. The summed E-state index contributed by atoms with van der Waals surface area (Å²) < 4.78 is 1.13. The second-order valence-electron chi connectivity index (χ2n) is 4.45. The van der Waals surface area contributed by atoms with Crippen LogP contribution in [0.4, 0.5) is 0 Å². The van der Waals surface area contributed by atoms with E-state index in [4.69, 9.17) is 0 Å². The number of carbonyl (C=O) groups is 1. The molecule has 1 aliphatic rings. The number of thiophene rings is 1. The SMILES string of the molecule is CN(CCc1cc(Br)cs1)C(=O)CNC1CC1. The van der Waals surface area contributed by atoms with Gasteiger partial charge in [0, 0.05) is 34.4 Å². The molecule has 0 radical (unpaired) electrons. The minimum atomic E-state index is 0.188. The van der Waals surface area contributed by atoms with Gasteiger partial charge in [0.05, 0.1) is 6.54 Å². The van der Waals surface area contributed by atoms with Gasteiger partial charge in [0.2, 0.25) is 5.91 Å². The number of hydrogen-bond acceptors (Lipinski definition) is 3. The van der Waals surface area contributed by atoms with E-state index in [1.54, 1.807) is 11.3 Å². The third kappa shape index (κ3) is 4.41. The number of halogens is 1. The van der Waals surface area contributed by atoms with Crippen molar-refractivity contribution in [2.24, 2.45) is 0 Å². The van der Waals surface area contributed by atoms with E-state index in [0.717, 1.165) is 17.4 Å². The summed E-state index contributed by atoms with van der Waals surface area (Å²) >= 11 is 5.17. The summed E-state index contributed by atoms with van der Waals surface area (Å²) in [5.41, 5.74) is 0. The minimum Gasteiger partial charge on any atom is -0.344 e. The Bertz CT molecular complexity index is 390. The maximum Gasteiger partial charge on any atom is 0.236 e. The van der Waals surface area contributed by atoms with Gasteiger partial charge >= 0.3 is 0 Å². The zero-order valence-corrected chi connectivity index (χ0v) is 12.3. The fourth-order valence-electron chi connectivity index (χ4n) is 1.54. The molecule has 1 heterocycles. The van der Waals surface area contributed by atoms with Crippen LogP contribution in [0, 0.1) is 0 Å². The van der Waals surface area contributed by atoms with E-state index in [9.17, 15) is 4.79 Å². The Hall–Kier alpha value is -0.390. The van der Waals surface area contributed by atoms with Crippen LogP contribution in [0.25, 0.3) is 0 Å². The van der Waals surface area contributed by atoms with Crippen molar-refractivity contribution in [2.75, 3.05) is 20.1 Å². The first kappa shape index (κ1) is 13.1. The zero-order valence-electron chi connectivity index (χ0n) is 9.91. The Morgan fingerprint density at radius 2 is 2.41 bits per heavy atom. The van der Waals surface area contributed by atoms with Gasteiger partial charge < -0.3 is 10.2 Å². The Morgan fingerprint density at radius 1 is 1.65 bits per heavy atom. The molecule has 0 aliphatic heterocycles. The van der Waals surface area contributed by atoms with Crippen molar-refractivity contribution in [3.8, 4) is 0 Å². The molecule has 1 amide bonds. The first-order valence-electron chi connectivity index (χ1n) is 5.85. The lowest BCUT2D eigenvalue weighted by Crippen LogP contribution is -2.37. The van der Waals surface area contributed by atoms with Crippen LogP contribution < -0.4 is 5.32 Å². The van der Waals surface area contributed by atoms with E-state index in [2.05, 4.69) is 32.7 Å². The molecule has 0 unspecified atom stereocenters. The van der Waals surface area contributed by atoms with E-state index >= 15 is 0 Å². The predicted octanol–water partition coefficient (Wildman–Crippen LogP) is 2.26. The molecule has 2 rings (SSSR count). The molecule has 94 valence electrons. The number of likely N-dealkylation sites (N-methyl/N-ethyl adjacent to an activating group) is 1. The van der Waals surface area contributed by atoms with E-state index in [1.807, 2.05) is 11.9 Å². The van der Waals surface area contributed by atoms with Crippen LogP contribution >= 0.6 is 27.3 Å². The topological polar surface area (TPSA) is 32.3 Å². The molecule has 17 heavy (non-hydrogen) atoms. The van der Waals surface area contributed by atoms with Crippen LogP contribution in [0.3, 0.4) is 0 Å². The van der Waals surface area contributed by atoms with Gasteiger partial charge in [-0.25, -0.2) is 0 Å². The number of nitrogens with one attached hydrogen (secondary N) is 1. The molecule has 1 saturated carbocycles. The molecule has 1 aromatic heterocycles. The maximum atomic E-state index is 11.8. The van der Waals surface area contributed by atoms with Crippen molar-refractivity contribution in [3.63, 3.8) is 0 Å². The first-order chi connectivity index (χ1) is 8.15. The molecule has 1 N–H and O–H groups in total. The van der Waals surface area contributed by atoms with E-state index in [1.165, 1.54) is 17.7 Å². The number of nitrogens with zero attached hydrogens (tertiary/aromatic N) is 1. The van der Waals surface area contributed by atoms with Gasteiger partial charge in [-0.05, 0) is 41.3 Å². The van der Waals surface area contributed by atoms with Gasteiger partial charge in [0.25, 0.3) is 0 Å². The van der Waals surface area contributed by atoms with Crippen molar-refractivity contribution in [1.29, 1.82) is 0 Å². The average Bonchev–Trinajstić information content (AvgIpc) is 3.05. The third-order valence-corrected chi connectivity index (χ3v) is 4.62. The van der Waals surface area contributed by atoms with E-state index in [0.29, 0.717) is 12.6 Å². The van der Waals surface area contributed by atoms with Crippen LogP contribution in [-0.4, -0.2) is 37.0 Å². The van der Waals surface area contributed by atoms with Gasteiger partial charge in [-0.15, -0.1) is 11.3 Å². The largest absolute Gasteiger partial charge is 0.344 e. The molecule has 0 spiro atoms. The van der Waals surface area contributed by atoms with Crippen LogP contribution in [0.15, 0.2) is 15.9 Å². The monoisotopic (exact) mass is 316 g/mol. The Labute approximate surface area is 114 Å². The maximum absolute atomic E-state index is 11.8. The molecular weight excluding hydrogens is 300 g/mol. The molecule has 3 nitrogen and oxygen atoms in total. The van der Waals surface area contributed by atoms with Gasteiger partial charge in [-0.1, -0.05) is 0 Å². The number of amides is 1. The zero-order chi connectivity index (χ0) is 12.3. The summed E-state index contributed by atoms with van der Waals surface area (Å²) in [4.78, 5) is 14.9. The normalized spacial score (nSPS) is 14.9. The number of carbonyl (C=O) groups excluding carboxylic acids is 1. The second-order valence-corrected chi connectivity index (χ2v) is 6.36. The molecular formula is C12H17BrN2OS. The van der Waals surface area contributed by atoms with E-state index in [-0.39, 0.29) is 5.91 Å². The summed E-state index contributed by atoms with van der Waals surface area (Å²) in [5.74, 6) is 0.188. The Balaban J connectivity index is 1.68. The quantitative estimate of drug-likeness (QED) is 0.873. The van der Waals surface area contributed by atoms with Crippen LogP contribution in [0.5, 0.6) is 0 Å². The Morgan fingerprint density at radius 3 is 3.00 bits per heavy atom. The highest BCUT2D eigenvalue weighted by molar-refractivity contribution is 9.10. The van der Waals surface area contributed by atoms with Gasteiger partial charge in [0.15, 0.2) is 0 Å². The van der Waals surface area contributed by atoms with Crippen molar-refractivity contribution in [2.45, 2.75) is 25.3 Å². The Kier molecular flexibility index (Phi) is 4.59. The third-order valence-electron chi connectivity index (χ3n) is 2.86. The average molecular weight is 317 g/mol. The minimum absolute atomic E-state index is 0.188. The van der Waals surface area contributed by atoms with Gasteiger partial charge in [0.1, 0.15) is 0 Å². The molecule has 1 aromatic rings. The van der Waals surface area contributed by atoms with Crippen LogP contribution in [0.1, 0.15) is 17.7 Å². The lowest BCUT2D eigenvalue weighted by Gasteiger charge is -2.16. The fourth-order valence-corrected chi connectivity index (χ4v) is 2.99. The van der Waals surface area contributed by atoms with Crippen molar-refractivity contribution in [1.82, 2.24) is 10.2 Å². The van der Waals surface area contributed by atoms with Crippen LogP contribution in [0.2, 0.25) is 0 Å². The first-order valence-corrected chi connectivity index (χ1v) is 7.52. The summed E-state index contributed by atoms with van der Waals surface area (Å²) in [6.07, 6.45) is 3.38. The molecule has 1 aliphatic carbocycles. The van der Waals surface area contributed by atoms with Crippen molar-refractivity contribution in [3.05, 3.63) is 20.8 Å². The highest BCUT2D eigenvalue weighted by atomic mass is 79.9. The lowest BCUT2D eigenvalue weighted by molar-refractivity contribution is -0.128. The molecule has 0 aromatic carbocycles. The molecule has 0 saturated heterocycles. The summed E-state index contributed by atoms with van der Waals surface area (Å²) in [6.45, 7) is 1.27. The summed E-state index contributed by atoms with van der Waals surface area (Å²) in [7, 11) is 1.87. The van der Waals surface area contributed by atoms with Gasteiger partial charge in [-0.3, -0.25) is 4.79 Å². The smallest absolute Gasteiger partial charge is 0.236 e. The summed E-state index contributed by atoms with van der Waals surface area (Å²) in [6, 6.07) is 2.71. The standard InChI is InChI=1S/C12H17BrN2OS/c1-15(12(16)7-14-10-2-3-10)5-4-11-6-9(13)8-17-11/h6,8,10,14H,2-5,7H2,1H3. The number of hydrogen-bond donors (Lipinski definition) is 1. The highest BCUT2D eigenvalue weighted by Crippen LogP contribution is 2.20. The van der Waals surface area contributed by atoms with Gasteiger partial charge in [-0.2, -0.15) is 0 Å². The lowest BCUT2D eigenvalue weighted by atomic mass is 10.3. The fraction of sp³-hybridized carbons (Fsp3) is 0.583. The molecule has 0 bridgehead atoms. The highest BCUT2D eigenvalue weighted by Gasteiger charge is 2.21. The number of rotatable bonds is 6. The molecule has 5 heteroatoms. The van der Waals surface area contributed by atoms with Crippen molar-refractivity contribution >= 4 is 33.2 Å². The summed E-state index contributed by atoms with van der Waals surface area (Å²) in [5, 5.41) is 5.32. The van der Waals surface area contributed by atoms with E-state index < -0.39 is 0 Å². The van der Waals surface area contributed by atoms with Crippen molar-refractivity contribution < 1.29 is 4.79 Å². The molecule has 0 atom stereocenters.